The number of rotatable bonds is 4. The van der Waals surface area contributed by atoms with Crippen LogP contribution in [0.15, 0.2) is 27.5 Å². The van der Waals surface area contributed by atoms with Gasteiger partial charge in [-0.1, -0.05) is 34.6 Å². The number of hydrogen-bond donors (Lipinski definition) is 1. The summed E-state index contributed by atoms with van der Waals surface area (Å²) in [7, 11) is 1.81. The first-order chi connectivity index (χ1) is 15.3. The number of aryl methyl sites for hydroxylation is 1. The number of carbonyl (C=O) groups is 1. The zero-order valence-corrected chi connectivity index (χ0v) is 21.8. The molecule has 3 heterocycles. The molecule has 7 nitrogen and oxygen atoms in total. The maximum Gasteiger partial charge on any atom is 0.330 e. The number of allylic oxidation sites excluding steroid dienone is 1. The third-order valence-electron chi connectivity index (χ3n) is 7.25. The normalized spacial score (nSPS) is 23.5. The summed E-state index contributed by atoms with van der Waals surface area (Å²) in [5.41, 5.74) is 9.13. The van der Waals surface area contributed by atoms with Crippen LogP contribution in [0.3, 0.4) is 0 Å². The van der Waals surface area contributed by atoms with Crippen LogP contribution in [0.1, 0.15) is 72.4 Å². The Morgan fingerprint density at radius 3 is 2.64 bits per heavy atom. The van der Waals surface area contributed by atoms with Gasteiger partial charge in [-0.25, -0.2) is 9.78 Å². The van der Waals surface area contributed by atoms with Crippen LogP contribution in [0.25, 0.3) is 11.2 Å². The first-order valence-electron chi connectivity index (χ1n) is 11.8. The number of fused-ring (bicyclic) bond motifs is 1. The van der Waals surface area contributed by atoms with Crippen LogP contribution in [0.5, 0.6) is 0 Å². The van der Waals surface area contributed by atoms with Crippen molar-refractivity contribution < 1.29 is 4.79 Å². The molecular weight excluding hydrogens is 434 g/mol. The second-order valence-electron chi connectivity index (χ2n) is 11.6. The van der Waals surface area contributed by atoms with E-state index >= 15 is 0 Å². The lowest BCUT2D eigenvalue weighted by Crippen LogP contribution is -2.48. The highest BCUT2D eigenvalue weighted by atomic mass is 32.2. The van der Waals surface area contributed by atoms with E-state index in [1.54, 1.807) is 16.3 Å². The molecule has 0 aromatic carbocycles. The van der Waals surface area contributed by atoms with E-state index in [0.717, 1.165) is 46.9 Å². The molecule has 2 unspecified atom stereocenters. The molecule has 4 rings (SSSR count). The van der Waals surface area contributed by atoms with Gasteiger partial charge in [0, 0.05) is 36.2 Å². The number of thioether (sulfide) groups is 1. The second-order valence-corrected chi connectivity index (χ2v) is 12.7. The number of pyridine rings is 1. The monoisotopic (exact) mass is 471 g/mol. The summed E-state index contributed by atoms with van der Waals surface area (Å²) in [6.07, 6.45) is 2.99. The summed E-state index contributed by atoms with van der Waals surface area (Å²) in [6.45, 7) is 13.6. The zero-order chi connectivity index (χ0) is 24.3. The Bertz CT molecular complexity index is 1180. The first kappa shape index (κ1) is 23.9. The number of hydrogen-bond acceptors (Lipinski definition) is 5. The Kier molecular flexibility index (Phi) is 5.96. The zero-order valence-electron chi connectivity index (χ0n) is 20.9. The fourth-order valence-electron chi connectivity index (χ4n) is 5.44. The van der Waals surface area contributed by atoms with Crippen LogP contribution >= 0.6 is 11.8 Å². The molecule has 0 saturated heterocycles. The van der Waals surface area contributed by atoms with Crippen molar-refractivity contribution in [1.82, 2.24) is 19.0 Å². The predicted molar refractivity (Wildman–Crippen MR) is 135 cm³/mol. The molecule has 1 amide bonds. The molecule has 1 aliphatic heterocycles. The number of amides is 1. The summed E-state index contributed by atoms with van der Waals surface area (Å²) in [4.78, 5) is 33.4. The second kappa shape index (κ2) is 8.22. The number of primary amides is 1. The Morgan fingerprint density at radius 1 is 1.30 bits per heavy atom. The van der Waals surface area contributed by atoms with Crippen molar-refractivity contribution in [3.05, 3.63) is 38.9 Å². The minimum absolute atomic E-state index is 0.00349. The van der Waals surface area contributed by atoms with Gasteiger partial charge < -0.3 is 10.6 Å². The van der Waals surface area contributed by atoms with Gasteiger partial charge in [0.1, 0.15) is 5.70 Å². The Morgan fingerprint density at radius 2 is 2.00 bits per heavy atom. The lowest BCUT2D eigenvalue weighted by atomic mass is 9.68. The average molecular weight is 472 g/mol. The molecule has 180 valence electrons. The summed E-state index contributed by atoms with van der Waals surface area (Å²) in [5, 5.41) is 0. The number of nitrogens with zero attached hydrogens (tertiary/aromatic N) is 4. The number of aromatic nitrogens is 3. The van der Waals surface area contributed by atoms with E-state index in [9.17, 15) is 9.59 Å². The van der Waals surface area contributed by atoms with Crippen molar-refractivity contribution >= 4 is 28.8 Å². The van der Waals surface area contributed by atoms with E-state index in [2.05, 4.69) is 51.7 Å². The third-order valence-corrected chi connectivity index (χ3v) is 8.28. The first-order valence-corrected chi connectivity index (χ1v) is 12.7. The van der Waals surface area contributed by atoms with Gasteiger partial charge in [-0.05, 0) is 49.1 Å². The van der Waals surface area contributed by atoms with Crippen molar-refractivity contribution in [3.8, 4) is 0 Å². The van der Waals surface area contributed by atoms with Crippen LogP contribution in [-0.2, 0) is 18.4 Å². The Balaban J connectivity index is 1.68. The maximum absolute atomic E-state index is 12.9. The van der Waals surface area contributed by atoms with Gasteiger partial charge >= 0.3 is 5.69 Å². The largest absolute Gasteiger partial charge is 0.364 e. The quantitative estimate of drug-likeness (QED) is 0.723. The SMILES string of the molecule is CC1=C(C(N)=O)N(C2CC(c3ccc4c(n3)n(C)c(=O)n4CC(C)(C)C)CCC2(C)C)CS1. The third kappa shape index (κ3) is 4.34. The average Bonchev–Trinajstić information content (AvgIpc) is 3.20. The standard InChI is InChI=1S/C25H37N5O2S/c1-15-20(21(26)31)30(14-33-15)19-12-16(10-11-25(19,5)6)17-8-9-18-22(27-17)28(7)23(32)29(18)13-24(2,3)4/h8-9,16,19H,10-14H2,1-7H3,(H2,26,31). The van der Waals surface area contributed by atoms with Crippen molar-refractivity contribution in [1.29, 1.82) is 0 Å². The minimum atomic E-state index is -0.342. The van der Waals surface area contributed by atoms with E-state index in [0.29, 0.717) is 12.2 Å². The number of imidazole rings is 1. The predicted octanol–water partition coefficient (Wildman–Crippen LogP) is 4.17. The molecule has 2 aromatic heterocycles. The summed E-state index contributed by atoms with van der Waals surface area (Å²) < 4.78 is 3.51. The van der Waals surface area contributed by atoms with Crippen molar-refractivity contribution in [2.45, 2.75) is 79.3 Å². The Hall–Kier alpha value is -2.22. The summed E-state index contributed by atoms with van der Waals surface area (Å²) >= 11 is 1.69. The van der Waals surface area contributed by atoms with Crippen molar-refractivity contribution in [2.75, 3.05) is 5.88 Å². The van der Waals surface area contributed by atoms with Crippen LogP contribution in [-0.4, -0.2) is 36.8 Å². The van der Waals surface area contributed by atoms with Crippen LogP contribution in [0.2, 0.25) is 0 Å². The Labute approximate surface area is 200 Å². The van der Waals surface area contributed by atoms with Gasteiger partial charge in [-0.2, -0.15) is 0 Å². The minimum Gasteiger partial charge on any atom is -0.364 e. The smallest absolute Gasteiger partial charge is 0.330 e. The van der Waals surface area contributed by atoms with E-state index in [1.807, 2.05) is 18.5 Å². The van der Waals surface area contributed by atoms with Crippen molar-refractivity contribution in [3.63, 3.8) is 0 Å². The molecule has 1 saturated carbocycles. The van der Waals surface area contributed by atoms with E-state index in [1.165, 1.54) is 0 Å². The lowest BCUT2D eigenvalue weighted by Gasteiger charge is -2.47. The molecule has 0 bridgehead atoms. The fraction of sp³-hybridized carbons (Fsp3) is 0.640. The highest BCUT2D eigenvalue weighted by Crippen LogP contribution is 2.48. The van der Waals surface area contributed by atoms with E-state index in [-0.39, 0.29) is 34.4 Å². The van der Waals surface area contributed by atoms with E-state index < -0.39 is 0 Å². The van der Waals surface area contributed by atoms with Crippen LogP contribution < -0.4 is 11.4 Å². The molecule has 33 heavy (non-hydrogen) atoms. The van der Waals surface area contributed by atoms with E-state index in [4.69, 9.17) is 10.7 Å². The molecule has 1 fully saturated rings. The van der Waals surface area contributed by atoms with Crippen molar-refractivity contribution in [2.24, 2.45) is 23.6 Å². The highest BCUT2D eigenvalue weighted by molar-refractivity contribution is 8.03. The highest BCUT2D eigenvalue weighted by Gasteiger charge is 2.44. The molecule has 1 aliphatic carbocycles. The number of carbonyl (C=O) groups excluding carboxylic acids is 1. The molecule has 2 aliphatic rings. The number of nitrogens with two attached hydrogens (primary N) is 1. The molecule has 8 heteroatoms. The molecule has 2 aromatic rings. The van der Waals surface area contributed by atoms with Gasteiger partial charge in [0.05, 0.1) is 11.4 Å². The topological polar surface area (TPSA) is 86.2 Å². The van der Waals surface area contributed by atoms with Crippen LogP contribution in [0, 0.1) is 10.8 Å². The molecule has 0 spiro atoms. The van der Waals surface area contributed by atoms with Gasteiger partial charge in [0.15, 0.2) is 5.65 Å². The summed E-state index contributed by atoms with van der Waals surface area (Å²) in [6, 6.07) is 4.36. The van der Waals surface area contributed by atoms with Crippen LogP contribution in [0.4, 0.5) is 0 Å². The summed E-state index contributed by atoms with van der Waals surface area (Å²) in [5.74, 6) is 0.695. The van der Waals surface area contributed by atoms with Gasteiger partial charge in [-0.15, -0.1) is 11.8 Å². The molecule has 2 N–H and O–H groups in total. The fourth-order valence-corrected chi connectivity index (χ4v) is 6.44. The molecular formula is C25H37N5O2S. The van der Waals surface area contributed by atoms with Gasteiger partial charge in [0.25, 0.3) is 5.91 Å². The maximum atomic E-state index is 12.9. The van der Waals surface area contributed by atoms with Gasteiger partial charge in [-0.3, -0.25) is 13.9 Å². The molecule has 0 radical (unpaired) electrons. The van der Waals surface area contributed by atoms with Gasteiger partial charge in [0.2, 0.25) is 0 Å². The lowest BCUT2D eigenvalue weighted by molar-refractivity contribution is -0.116. The molecule has 2 atom stereocenters.